The van der Waals surface area contributed by atoms with Crippen molar-refractivity contribution >= 4 is 5.69 Å². The second-order valence-electron chi connectivity index (χ2n) is 4.73. The van der Waals surface area contributed by atoms with E-state index >= 15 is 0 Å². The van der Waals surface area contributed by atoms with E-state index in [9.17, 15) is 0 Å². The number of para-hydroxylation sites is 1. The predicted octanol–water partition coefficient (Wildman–Crippen LogP) is 2.49. The van der Waals surface area contributed by atoms with Crippen LogP contribution in [0.25, 0.3) is 0 Å². The largest absolute Gasteiger partial charge is 0.369 e. The molecule has 0 saturated carbocycles. The summed E-state index contributed by atoms with van der Waals surface area (Å²) in [6, 6.07) is 7.24. The van der Waals surface area contributed by atoms with Crippen LogP contribution >= 0.6 is 0 Å². The van der Waals surface area contributed by atoms with E-state index in [1.807, 2.05) is 0 Å². The number of nitrogens with one attached hydrogen (secondary N) is 1. The highest BCUT2D eigenvalue weighted by atomic mass is 15.2. The number of hydrogen-bond donors (Lipinski definition) is 1. The number of nitrogens with zero attached hydrogens (tertiary/aromatic N) is 1. The lowest BCUT2D eigenvalue weighted by molar-refractivity contribution is 0.572. The van der Waals surface area contributed by atoms with Gasteiger partial charge in [-0.05, 0) is 37.9 Å². The topological polar surface area (TPSA) is 15.3 Å². The molecule has 1 heterocycles. The van der Waals surface area contributed by atoms with E-state index in [0.29, 0.717) is 6.04 Å². The Bertz CT molecular complexity index is 340. The van der Waals surface area contributed by atoms with Gasteiger partial charge in [0.15, 0.2) is 0 Å². The van der Waals surface area contributed by atoms with Gasteiger partial charge in [0.05, 0.1) is 0 Å². The summed E-state index contributed by atoms with van der Waals surface area (Å²) in [4.78, 5) is 2.53. The maximum atomic E-state index is 3.54. The molecule has 1 N–H and O–H groups in total. The average molecular weight is 218 g/mol. The van der Waals surface area contributed by atoms with E-state index in [-0.39, 0.29) is 0 Å². The Morgan fingerprint density at radius 2 is 2.00 bits per heavy atom. The van der Waals surface area contributed by atoms with E-state index in [2.05, 4.69) is 49.2 Å². The third-order valence-electron chi connectivity index (χ3n) is 3.44. The zero-order chi connectivity index (χ0) is 11.5. The van der Waals surface area contributed by atoms with Crippen molar-refractivity contribution in [3.63, 3.8) is 0 Å². The molecule has 1 atom stereocenters. The molecule has 16 heavy (non-hydrogen) atoms. The lowest BCUT2D eigenvalue weighted by atomic mass is 10.1. The van der Waals surface area contributed by atoms with Gasteiger partial charge in [-0.1, -0.05) is 25.1 Å². The normalized spacial score (nSPS) is 20.4. The Morgan fingerprint density at radius 1 is 1.31 bits per heavy atom. The van der Waals surface area contributed by atoms with Gasteiger partial charge in [-0.25, -0.2) is 0 Å². The number of benzene rings is 1. The van der Waals surface area contributed by atoms with Crippen LogP contribution in [0.15, 0.2) is 18.2 Å². The van der Waals surface area contributed by atoms with Gasteiger partial charge in [0.2, 0.25) is 0 Å². The third kappa shape index (κ3) is 2.22. The summed E-state index contributed by atoms with van der Waals surface area (Å²) in [5, 5.41) is 3.54. The minimum absolute atomic E-state index is 0.670. The first-order valence-electron chi connectivity index (χ1n) is 6.27. The Morgan fingerprint density at radius 3 is 2.62 bits per heavy atom. The summed E-state index contributed by atoms with van der Waals surface area (Å²) >= 11 is 0. The summed E-state index contributed by atoms with van der Waals surface area (Å²) in [6.07, 6.45) is 1.27. The van der Waals surface area contributed by atoms with Crippen LogP contribution in [0.3, 0.4) is 0 Å². The molecule has 0 bridgehead atoms. The lowest BCUT2D eigenvalue weighted by Gasteiger charge is -2.23. The van der Waals surface area contributed by atoms with Gasteiger partial charge >= 0.3 is 0 Å². The monoisotopic (exact) mass is 218 g/mol. The molecule has 1 saturated heterocycles. The maximum absolute atomic E-state index is 3.54. The van der Waals surface area contributed by atoms with E-state index in [1.54, 1.807) is 0 Å². The van der Waals surface area contributed by atoms with Gasteiger partial charge in [-0.15, -0.1) is 0 Å². The number of rotatable bonds is 3. The first-order chi connectivity index (χ1) is 7.72. The van der Waals surface area contributed by atoms with Crippen LogP contribution in [0, 0.1) is 13.8 Å². The molecule has 2 heteroatoms. The van der Waals surface area contributed by atoms with Crippen LogP contribution in [0.5, 0.6) is 0 Å². The Kier molecular flexibility index (Phi) is 3.49. The van der Waals surface area contributed by atoms with Crippen molar-refractivity contribution in [3.05, 3.63) is 29.3 Å². The van der Waals surface area contributed by atoms with E-state index in [0.717, 1.165) is 13.1 Å². The second kappa shape index (κ2) is 4.88. The number of anilines is 1. The van der Waals surface area contributed by atoms with Crippen molar-refractivity contribution < 1.29 is 0 Å². The van der Waals surface area contributed by atoms with Crippen LogP contribution in [0.4, 0.5) is 5.69 Å². The fourth-order valence-electron chi connectivity index (χ4n) is 2.72. The highest BCUT2D eigenvalue weighted by molar-refractivity contribution is 5.59. The molecule has 1 aliphatic heterocycles. The average Bonchev–Trinajstić information content (AvgIpc) is 2.67. The van der Waals surface area contributed by atoms with Crippen molar-refractivity contribution in [1.82, 2.24) is 5.32 Å². The van der Waals surface area contributed by atoms with Crippen LogP contribution < -0.4 is 10.2 Å². The fraction of sp³-hybridized carbons (Fsp3) is 0.571. The standard InChI is InChI=1S/C14H22N2/c1-4-15-13-8-9-16(10-13)14-11(2)6-5-7-12(14)3/h5-7,13,15H,4,8-10H2,1-3H3. The molecular formula is C14H22N2. The zero-order valence-electron chi connectivity index (χ0n) is 10.6. The SMILES string of the molecule is CCNC1CCN(c2c(C)cccc2C)C1. The molecule has 1 aliphatic rings. The Labute approximate surface area is 98.7 Å². The highest BCUT2D eigenvalue weighted by Gasteiger charge is 2.23. The summed E-state index contributed by atoms with van der Waals surface area (Å²) in [6.45, 7) is 10.0. The van der Waals surface area contributed by atoms with E-state index in [1.165, 1.54) is 29.8 Å². The van der Waals surface area contributed by atoms with Gasteiger partial charge in [-0.2, -0.15) is 0 Å². The second-order valence-corrected chi connectivity index (χ2v) is 4.73. The number of likely N-dealkylation sites (N-methyl/N-ethyl adjacent to an activating group) is 1. The molecule has 0 aromatic heterocycles. The minimum Gasteiger partial charge on any atom is -0.369 e. The minimum atomic E-state index is 0.670. The maximum Gasteiger partial charge on any atom is 0.0426 e. The smallest absolute Gasteiger partial charge is 0.0426 e. The first kappa shape index (κ1) is 11.5. The summed E-state index contributed by atoms with van der Waals surface area (Å²) in [5.41, 5.74) is 4.25. The molecule has 0 radical (unpaired) electrons. The third-order valence-corrected chi connectivity index (χ3v) is 3.44. The molecule has 1 fully saturated rings. The molecule has 2 nitrogen and oxygen atoms in total. The van der Waals surface area contributed by atoms with Crippen LogP contribution in [-0.2, 0) is 0 Å². The van der Waals surface area contributed by atoms with Gasteiger partial charge in [-0.3, -0.25) is 0 Å². The van der Waals surface area contributed by atoms with Crippen molar-refractivity contribution in [3.8, 4) is 0 Å². The van der Waals surface area contributed by atoms with Crippen LogP contribution in [-0.4, -0.2) is 25.7 Å². The first-order valence-corrected chi connectivity index (χ1v) is 6.27. The molecule has 2 rings (SSSR count). The van der Waals surface area contributed by atoms with Gasteiger partial charge in [0.1, 0.15) is 0 Å². The quantitative estimate of drug-likeness (QED) is 0.838. The molecule has 1 aromatic rings. The Balaban J connectivity index is 2.14. The summed E-state index contributed by atoms with van der Waals surface area (Å²) < 4.78 is 0. The van der Waals surface area contributed by atoms with Crippen molar-refractivity contribution in [2.24, 2.45) is 0 Å². The van der Waals surface area contributed by atoms with Gasteiger partial charge in [0.25, 0.3) is 0 Å². The zero-order valence-corrected chi connectivity index (χ0v) is 10.6. The highest BCUT2D eigenvalue weighted by Crippen LogP contribution is 2.27. The van der Waals surface area contributed by atoms with Crippen molar-refractivity contribution in [2.75, 3.05) is 24.5 Å². The molecule has 1 unspecified atom stereocenters. The Hall–Kier alpha value is -1.02. The van der Waals surface area contributed by atoms with Crippen LogP contribution in [0.1, 0.15) is 24.5 Å². The van der Waals surface area contributed by atoms with Gasteiger partial charge in [0, 0.05) is 24.8 Å². The van der Waals surface area contributed by atoms with Gasteiger partial charge < -0.3 is 10.2 Å². The summed E-state index contributed by atoms with van der Waals surface area (Å²) in [7, 11) is 0. The fourth-order valence-corrected chi connectivity index (χ4v) is 2.72. The molecular weight excluding hydrogens is 196 g/mol. The van der Waals surface area contributed by atoms with E-state index < -0.39 is 0 Å². The van der Waals surface area contributed by atoms with Crippen LogP contribution in [0.2, 0.25) is 0 Å². The molecule has 0 amide bonds. The molecule has 1 aromatic carbocycles. The lowest BCUT2D eigenvalue weighted by Crippen LogP contribution is -2.32. The molecule has 0 aliphatic carbocycles. The van der Waals surface area contributed by atoms with Crippen molar-refractivity contribution in [1.29, 1.82) is 0 Å². The molecule has 88 valence electrons. The van der Waals surface area contributed by atoms with E-state index in [4.69, 9.17) is 0 Å². The predicted molar refractivity (Wildman–Crippen MR) is 70.2 cm³/mol. The number of aryl methyl sites for hydroxylation is 2. The molecule has 0 spiro atoms. The van der Waals surface area contributed by atoms with Crippen molar-refractivity contribution in [2.45, 2.75) is 33.2 Å². The number of hydrogen-bond acceptors (Lipinski definition) is 2. The summed E-state index contributed by atoms with van der Waals surface area (Å²) in [5.74, 6) is 0.